The molecule has 1 aliphatic carbocycles. The van der Waals surface area contributed by atoms with Gasteiger partial charge >= 0.3 is 18.0 Å². The number of methoxy groups -OCH3 is 1. The van der Waals surface area contributed by atoms with Crippen LogP contribution in [-0.2, 0) is 14.3 Å². The molecule has 1 N–H and O–H groups in total. The van der Waals surface area contributed by atoms with Gasteiger partial charge in [-0.1, -0.05) is 10.2 Å². The number of anilines is 2. The van der Waals surface area contributed by atoms with Crippen molar-refractivity contribution in [2.24, 2.45) is 11.8 Å². The number of nitrogens with one attached hydrogen (secondary N) is 1. The smallest absolute Gasteiger partial charge is 0.323 e. The number of esters is 1. The van der Waals surface area contributed by atoms with E-state index in [9.17, 15) is 9.59 Å². The predicted octanol–water partition coefficient (Wildman–Crippen LogP) is 0.663. The molecule has 20 heavy (non-hydrogen) atoms. The van der Waals surface area contributed by atoms with Gasteiger partial charge in [0, 0.05) is 20.0 Å². The van der Waals surface area contributed by atoms with Crippen molar-refractivity contribution in [3.8, 4) is 0 Å². The van der Waals surface area contributed by atoms with E-state index in [4.69, 9.17) is 9.15 Å². The van der Waals surface area contributed by atoms with Gasteiger partial charge in [0.15, 0.2) is 0 Å². The lowest BCUT2D eigenvalue weighted by molar-refractivity contribution is -0.145. The molecule has 8 heteroatoms. The number of hydrogen-bond donors (Lipinski definition) is 1. The van der Waals surface area contributed by atoms with E-state index in [1.165, 1.54) is 7.11 Å². The summed E-state index contributed by atoms with van der Waals surface area (Å²) in [5, 5.41) is 10.1. The molecule has 2 atom stereocenters. The van der Waals surface area contributed by atoms with Crippen LogP contribution in [0.5, 0.6) is 0 Å². The summed E-state index contributed by atoms with van der Waals surface area (Å²) in [5.74, 6) is -0.886. The summed E-state index contributed by atoms with van der Waals surface area (Å²) in [5.41, 5.74) is 0. The minimum Gasteiger partial charge on any atom is -0.469 e. The Balaban J connectivity index is 1.90. The van der Waals surface area contributed by atoms with Gasteiger partial charge in [-0.3, -0.25) is 14.9 Å². The number of hydrogen-bond acceptors (Lipinski definition) is 7. The highest BCUT2D eigenvalue weighted by Crippen LogP contribution is 2.32. The molecule has 0 radical (unpaired) electrons. The zero-order valence-corrected chi connectivity index (χ0v) is 11.8. The van der Waals surface area contributed by atoms with E-state index in [1.54, 1.807) is 19.0 Å². The fraction of sp³-hybridized carbons (Fsp3) is 0.667. The quantitative estimate of drug-likeness (QED) is 0.810. The fourth-order valence-electron chi connectivity index (χ4n) is 2.25. The van der Waals surface area contributed by atoms with Crippen LogP contribution < -0.4 is 10.2 Å². The van der Waals surface area contributed by atoms with E-state index in [0.29, 0.717) is 25.3 Å². The molecular formula is C12H18N4O4. The number of carbonyl (C=O) groups is 2. The van der Waals surface area contributed by atoms with Crippen LogP contribution in [0.25, 0.3) is 0 Å². The number of amides is 1. The number of carbonyl (C=O) groups excluding carboxylic acids is 2. The molecule has 1 aromatic heterocycles. The number of rotatable bonds is 4. The van der Waals surface area contributed by atoms with Crippen molar-refractivity contribution in [3.63, 3.8) is 0 Å². The van der Waals surface area contributed by atoms with Gasteiger partial charge in [0.2, 0.25) is 5.91 Å². The molecule has 0 spiro atoms. The molecule has 0 unspecified atom stereocenters. The van der Waals surface area contributed by atoms with Crippen LogP contribution in [-0.4, -0.2) is 43.3 Å². The lowest BCUT2D eigenvalue weighted by Crippen LogP contribution is -2.22. The van der Waals surface area contributed by atoms with Gasteiger partial charge in [0.05, 0.1) is 13.0 Å². The highest BCUT2D eigenvalue weighted by atomic mass is 16.5. The molecule has 1 heterocycles. The van der Waals surface area contributed by atoms with E-state index in [0.717, 1.165) is 0 Å². The SMILES string of the molecule is COC(=O)[C@@H]1CC[C@H](C(=O)Nc2nnc(N(C)C)o2)C1. The molecule has 110 valence electrons. The molecule has 1 saturated carbocycles. The van der Waals surface area contributed by atoms with E-state index < -0.39 is 0 Å². The van der Waals surface area contributed by atoms with Gasteiger partial charge < -0.3 is 14.1 Å². The normalized spacial score (nSPS) is 21.6. The molecule has 0 bridgehead atoms. The summed E-state index contributed by atoms with van der Waals surface area (Å²) in [6, 6.07) is 0.388. The van der Waals surface area contributed by atoms with Crippen LogP contribution in [0.15, 0.2) is 4.42 Å². The maximum absolute atomic E-state index is 12.0. The van der Waals surface area contributed by atoms with E-state index in [1.807, 2.05) is 0 Å². The number of ether oxygens (including phenoxy) is 1. The summed E-state index contributed by atoms with van der Waals surface area (Å²) in [6.45, 7) is 0. The zero-order valence-electron chi connectivity index (χ0n) is 11.8. The largest absolute Gasteiger partial charge is 0.469 e. The second kappa shape index (κ2) is 5.89. The average molecular weight is 282 g/mol. The predicted molar refractivity (Wildman–Crippen MR) is 70.1 cm³/mol. The van der Waals surface area contributed by atoms with E-state index >= 15 is 0 Å². The molecule has 1 aliphatic rings. The maximum atomic E-state index is 12.0. The van der Waals surface area contributed by atoms with Crippen molar-refractivity contribution < 1.29 is 18.7 Å². The van der Waals surface area contributed by atoms with Gasteiger partial charge in [-0.05, 0) is 19.3 Å². The first-order valence-electron chi connectivity index (χ1n) is 6.40. The van der Waals surface area contributed by atoms with Crippen LogP contribution in [0.4, 0.5) is 12.0 Å². The molecule has 2 rings (SSSR count). The number of aromatic nitrogens is 2. The van der Waals surface area contributed by atoms with E-state index in [2.05, 4.69) is 15.5 Å². The molecule has 0 aromatic carbocycles. The number of nitrogens with zero attached hydrogens (tertiary/aromatic N) is 3. The van der Waals surface area contributed by atoms with Crippen LogP contribution >= 0.6 is 0 Å². The van der Waals surface area contributed by atoms with Crippen LogP contribution in [0.2, 0.25) is 0 Å². The van der Waals surface area contributed by atoms with E-state index in [-0.39, 0.29) is 29.7 Å². The third-order valence-electron chi connectivity index (χ3n) is 3.36. The topological polar surface area (TPSA) is 97.6 Å². The lowest BCUT2D eigenvalue weighted by atomic mass is 10.0. The van der Waals surface area contributed by atoms with Crippen molar-refractivity contribution in [3.05, 3.63) is 0 Å². The summed E-state index contributed by atoms with van der Waals surface area (Å²) in [4.78, 5) is 25.1. The minimum atomic E-state index is -0.256. The second-order valence-corrected chi connectivity index (χ2v) is 5.00. The van der Waals surface area contributed by atoms with Crippen molar-refractivity contribution in [1.82, 2.24) is 10.2 Å². The maximum Gasteiger partial charge on any atom is 0.323 e. The Morgan fingerprint density at radius 3 is 2.60 bits per heavy atom. The minimum absolute atomic E-state index is 0.0696. The summed E-state index contributed by atoms with van der Waals surface area (Å²) >= 11 is 0. The van der Waals surface area contributed by atoms with Crippen LogP contribution in [0.1, 0.15) is 19.3 Å². The van der Waals surface area contributed by atoms with Gasteiger partial charge in [-0.25, -0.2) is 0 Å². The molecule has 0 saturated heterocycles. The van der Waals surface area contributed by atoms with Crippen LogP contribution in [0.3, 0.4) is 0 Å². The first-order valence-corrected chi connectivity index (χ1v) is 6.40. The second-order valence-electron chi connectivity index (χ2n) is 5.00. The molecular weight excluding hydrogens is 264 g/mol. The first kappa shape index (κ1) is 14.3. The molecule has 0 aliphatic heterocycles. The first-order chi connectivity index (χ1) is 9.51. The standard InChI is InChI=1S/C12H18N4O4/c1-16(2)12-15-14-11(20-12)13-9(17)7-4-5-8(6-7)10(18)19-3/h7-8H,4-6H2,1-3H3,(H,13,14,17)/t7-,8+/m0/s1. The Bertz CT molecular complexity index is 499. The average Bonchev–Trinajstić information content (AvgIpc) is 3.06. The molecule has 1 amide bonds. The Labute approximate surface area is 116 Å². The van der Waals surface area contributed by atoms with Crippen molar-refractivity contribution in [1.29, 1.82) is 0 Å². The van der Waals surface area contributed by atoms with Gasteiger partial charge in [-0.15, -0.1) is 0 Å². The van der Waals surface area contributed by atoms with Gasteiger partial charge in [0.25, 0.3) is 0 Å². The van der Waals surface area contributed by atoms with Gasteiger partial charge in [-0.2, -0.15) is 0 Å². The van der Waals surface area contributed by atoms with Crippen molar-refractivity contribution in [2.45, 2.75) is 19.3 Å². The lowest BCUT2D eigenvalue weighted by Gasteiger charge is -2.09. The van der Waals surface area contributed by atoms with Gasteiger partial charge in [0.1, 0.15) is 0 Å². The molecule has 8 nitrogen and oxygen atoms in total. The molecule has 1 aromatic rings. The Kier molecular flexibility index (Phi) is 4.21. The summed E-state index contributed by atoms with van der Waals surface area (Å²) in [6.07, 6.45) is 1.81. The van der Waals surface area contributed by atoms with Crippen molar-refractivity contribution >= 4 is 23.9 Å². The van der Waals surface area contributed by atoms with Crippen molar-refractivity contribution in [2.75, 3.05) is 31.4 Å². The monoisotopic (exact) mass is 282 g/mol. The Morgan fingerprint density at radius 1 is 1.30 bits per heavy atom. The summed E-state index contributed by atoms with van der Waals surface area (Å²) < 4.78 is 9.94. The third kappa shape index (κ3) is 3.06. The summed E-state index contributed by atoms with van der Waals surface area (Å²) in [7, 11) is 4.88. The Hall–Kier alpha value is -2.12. The Morgan fingerprint density at radius 2 is 2.00 bits per heavy atom. The zero-order chi connectivity index (χ0) is 14.7. The molecule has 1 fully saturated rings. The highest BCUT2D eigenvalue weighted by Gasteiger charge is 2.35. The van der Waals surface area contributed by atoms with Crippen LogP contribution in [0, 0.1) is 11.8 Å². The highest BCUT2D eigenvalue weighted by molar-refractivity contribution is 5.91. The third-order valence-corrected chi connectivity index (χ3v) is 3.36. The fourth-order valence-corrected chi connectivity index (χ4v) is 2.25.